The topological polar surface area (TPSA) is 55.1 Å². The Morgan fingerprint density at radius 3 is 2.42 bits per heavy atom. The van der Waals surface area contributed by atoms with Gasteiger partial charge in [-0.3, -0.25) is 4.79 Å². The summed E-state index contributed by atoms with van der Waals surface area (Å²) in [6.45, 7) is 2.74. The van der Waals surface area contributed by atoms with E-state index < -0.39 is 24.3 Å². The maximum Gasteiger partial charge on any atom is 0.255 e. The highest BCUT2D eigenvalue weighted by Gasteiger charge is 2.25. The first-order valence-electron chi connectivity index (χ1n) is 3.66. The molecule has 1 amide bonds. The van der Waals surface area contributed by atoms with Gasteiger partial charge in [0.2, 0.25) is 5.91 Å². The van der Waals surface area contributed by atoms with Crippen molar-refractivity contribution in [2.75, 3.05) is 13.1 Å². The van der Waals surface area contributed by atoms with Crippen LogP contribution in [0, 0.1) is 5.41 Å². The van der Waals surface area contributed by atoms with E-state index in [1.54, 1.807) is 13.8 Å². The number of alkyl halides is 2. The molecule has 0 saturated heterocycles. The van der Waals surface area contributed by atoms with E-state index in [1.807, 2.05) is 0 Å². The third-order valence-corrected chi connectivity index (χ3v) is 1.54. The summed E-state index contributed by atoms with van der Waals surface area (Å²) in [5, 5.41) is 2.10. The quantitative estimate of drug-likeness (QED) is 0.656. The lowest BCUT2D eigenvalue weighted by molar-refractivity contribution is -0.129. The summed E-state index contributed by atoms with van der Waals surface area (Å²) in [5.74, 6) is -0.440. The second-order valence-corrected chi connectivity index (χ2v) is 3.19. The molecule has 0 rings (SSSR count). The average Bonchev–Trinajstić information content (AvgIpc) is 2.00. The van der Waals surface area contributed by atoms with E-state index >= 15 is 0 Å². The molecule has 0 aliphatic rings. The van der Waals surface area contributed by atoms with Crippen molar-refractivity contribution in [2.24, 2.45) is 11.1 Å². The van der Waals surface area contributed by atoms with Crippen LogP contribution in [0.2, 0.25) is 0 Å². The Kier molecular flexibility index (Phi) is 4.09. The van der Waals surface area contributed by atoms with Gasteiger partial charge >= 0.3 is 0 Å². The van der Waals surface area contributed by atoms with Crippen molar-refractivity contribution in [2.45, 2.75) is 20.3 Å². The van der Waals surface area contributed by atoms with Gasteiger partial charge in [0.15, 0.2) is 0 Å². The highest BCUT2D eigenvalue weighted by molar-refractivity contribution is 5.81. The van der Waals surface area contributed by atoms with E-state index in [4.69, 9.17) is 5.73 Å². The van der Waals surface area contributed by atoms with Gasteiger partial charge in [-0.25, -0.2) is 8.78 Å². The molecule has 72 valence electrons. The van der Waals surface area contributed by atoms with Gasteiger partial charge in [-0.05, 0) is 13.8 Å². The van der Waals surface area contributed by atoms with Crippen LogP contribution in [-0.4, -0.2) is 25.4 Å². The minimum atomic E-state index is -2.51. The van der Waals surface area contributed by atoms with Gasteiger partial charge in [-0.2, -0.15) is 0 Å². The Labute approximate surface area is 70.3 Å². The summed E-state index contributed by atoms with van der Waals surface area (Å²) in [5.41, 5.74) is 4.50. The fraction of sp³-hybridized carbons (Fsp3) is 0.857. The van der Waals surface area contributed by atoms with Gasteiger partial charge < -0.3 is 11.1 Å². The summed E-state index contributed by atoms with van der Waals surface area (Å²) in [6, 6.07) is 0. The fourth-order valence-corrected chi connectivity index (χ4v) is 0.502. The van der Waals surface area contributed by atoms with Crippen molar-refractivity contribution in [3.8, 4) is 0 Å². The van der Waals surface area contributed by atoms with Crippen LogP contribution >= 0.6 is 0 Å². The maximum absolute atomic E-state index is 11.6. The highest BCUT2D eigenvalue weighted by atomic mass is 19.3. The number of hydrogen-bond donors (Lipinski definition) is 2. The SMILES string of the molecule is CC(C)(CN)C(=O)NCC(F)F. The summed E-state index contributed by atoms with van der Waals surface area (Å²) < 4.78 is 23.3. The van der Waals surface area contributed by atoms with Crippen LogP contribution in [0.3, 0.4) is 0 Å². The molecule has 0 unspecified atom stereocenters. The minimum absolute atomic E-state index is 0.141. The van der Waals surface area contributed by atoms with Gasteiger partial charge in [0.1, 0.15) is 0 Å². The standard InChI is InChI=1S/C7H14F2N2O/c1-7(2,4-10)6(12)11-3-5(8)9/h5H,3-4,10H2,1-2H3,(H,11,12). The van der Waals surface area contributed by atoms with Gasteiger partial charge in [0.25, 0.3) is 6.43 Å². The molecule has 0 heterocycles. The molecule has 0 aliphatic carbocycles. The molecule has 0 atom stereocenters. The molecule has 3 nitrogen and oxygen atoms in total. The molecule has 0 bridgehead atoms. The van der Waals surface area contributed by atoms with Gasteiger partial charge in [0, 0.05) is 6.54 Å². The number of nitrogens with one attached hydrogen (secondary N) is 1. The molecular weight excluding hydrogens is 166 g/mol. The van der Waals surface area contributed by atoms with E-state index in [9.17, 15) is 13.6 Å². The lowest BCUT2D eigenvalue weighted by Crippen LogP contribution is -2.43. The second-order valence-electron chi connectivity index (χ2n) is 3.19. The number of amides is 1. The Hall–Kier alpha value is -0.710. The first-order chi connectivity index (χ1) is 5.40. The first kappa shape index (κ1) is 11.3. The molecule has 0 aromatic carbocycles. The molecule has 0 saturated carbocycles. The highest BCUT2D eigenvalue weighted by Crippen LogP contribution is 2.11. The second kappa shape index (κ2) is 4.35. The van der Waals surface area contributed by atoms with Gasteiger partial charge in [0.05, 0.1) is 12.0 Å². The van der Waals surface area contributed by atoms with Gasteiger partial charge in [-0.15, -0.1) is 0 Å². The first-order valence-corrected chi connectivity index (χ1v) is 3.66. The molecular formula is C7H14F2N2O. The fourth-order valence-electron chi connectivity index (χ4n) is 0.502. The normalized spacial score (nSPS) is 11.8. The smallest absolute Gasteiger partial charge is 0.255 e. The van der Waals surface area contributed by atoms with Crippen LogP contribution in [0.15, 0.2) is 0 Å². The van der Waals surface area contributed by atoms with E-state index in [1.165, 1.54) is 0 Å². The number of carbonyl (C=O) groups is 1. The predicted molar refractivity (Wildman–Crippen MR) is 41.8 cm³/mol. The molecule has 0 aliphatic heterocycles. The average molecular weight is 180 g/mol. The van der Waals surface area contributed by atoms with E-state index in [2.05, 4.69) is 5.32 Å². The lowest BCUT2D eigenvalue weighted by Gasteiger charge is -2.20. The van der Waals surface area contributed by atoms with E-state index in [0.717, 1.165) is 0 Å². The van der Waals surface area contributed by atoms with Crippen molar-refractivity contribution in [1.29, 1.82) is 0 Å². The van der Waals surface area contributed by atoms with Crippen LogP contribution in [-0.2, 0) is 4.79 Å². The number of nitrogens with two attached hydrogens (primary N) is 1. The third kappa shape index (κ3) is 3.61. The van der Waals surface area contributed by atoms with Crippen LogP contribution in [0.1, 0.15) is 13.8 Å². The Morgan fingerprint density at radius 1 is 1.58 bits per heavy atom. The number of halogens is 2. The van der Waals surface area contributed by atoms with Crippen molar-refractivity contribution >= 4 is 5.91 Å². The Bertz CT molecular complexity index is 159. The summed E-state index contributed by atoms with van der Waals surface area (Å²) in [4.78, 5) is 11.1. The molecule has 0 fully saturated rings. The Balaban J connectivity index is 3.88. The van der Waals surface area contributed by atoms with E-state index in [0.29, 0.717) is 0 Å². The molecule has 5 heteroatoms. The van der Waals surface area contributed by atoms with Crippen molar-refractivity contribution in [3.63, 3.8) is 0 Å². The van der Waals surface area contributed by atoms with Gasteiger partial charge in [-0.1, -0.05) is 0 Å². The molecule has 0 spiro atoms. The zero-order valence-corrected chi connectivity index (χ0v) is 7.23. The minimum Gasteiger partial charge on any atom is -0.350 e. The third-order valence-electron chi connectivity index (χ3n) is 1.54. The molecule has 0 aromatic heterocycles. The zero-order chi connectivity index (χ0) is 9.78. The molecule has 3 N–H and O–H groups in total. The van der Waals surface area contributed by atoms with Crippen LogP contribution in [0.25, 0.3) is 0 Å². The molecule has 0 radical (unpaired) electrons. The van der Waals surface area contributed by atoms with E-state index in [-0.39, 0.29) is 6.54 Å². The number of hydrogen-bond acceptors (Lipinski definition) is 2. The van der Waals surface area contributed by atoms with Crippen LogP contribution in [0.4, 0.5) is 8.78 Å². The van der Waals surface area contributed by atoms with Crippen molar-refractivity contribution < 1.29 is 13.6 Å². The lowest BCUT2D eigenvalue weighted by atomic mass is 9.93. The summed E-state index contributed by atoms with van der Waals surface area (Å²) >= 11 is 0. The monoisotopic (exact) mass is 180 g/mol. The largest absolute Gasteiger partial charge is 0.350 e. The number of carbonyl (C=O) groups excluding carboxylic acids is 1. The zero-order valence-electron chi connectivity index (χ0n) is 7.23. The van der Waals surface area contributed by atoms with Crippen LogP contribution < -0.4 is 11.1 Å². The predicted octanol–water partition coefficient (Wildman–Crippen LogP) is 0.353. The van der Waals surface area contributed by atoms with Crippen molar-refractivity contribution in [3.05, 3.63) is 0 Å². The van der Waals surface area contributed by atoms with Crippen LogP contribution in [0.5, 0.6) is 0 Å². The molecule has 12 heavy (non-hydrogen) atoms. The van der Waals surface area contributed by atoms with Crippen molar-refractivity contribution in [1.82, 2.24) is 5.32 Å². The summed E-state index contributed by atoms with van der Waals surface area (Å²) in [7, 11) is 0. The summed E-state index contributed by atoms with van der Waals surface area (Å²) in [6.07, 6.45) is -2.51. The molecule has 0 aromatic rings. The number of rotatable bonds is 4. The Morgan fingerprint density at radius 2 is 2.08 bits per heavy atom. The maximum atomic E-state index is 11.6.